The molecule has 22 heavy (non-hydrogen) atoms. The maximum atomic E-state index is 10.4. The molecule has 0 saturated carbocycles. The average molecular weight is 299 g/mol. The van der Waals surface area contributed by atoms with Gasteiger partial charge in [-0.1, -0.05) is 60.7 Å². The Labute approximate surface area is 130 Å². The molecular formula is C18H21NO3. The second kappa shape index (κ2) is 6.58. The summed E-state index contributed by atoms with van der Waals surface area (Å²) in [6, 6.07) is 20.9. The maximum Gasteiger partial charge on any atom is 0.116 e. The number of aliphatic hydroxyl groups is 1. The topological polar surface area (TPSA) is 41.9 Å². The van der Waals surface area contributed by atoms with Crippen molar-refractivity contribution in [3.05, 3.63) is 71.8 Å². The highest BCUT2D eigenvalue weighted by molar-refractivity contribution is 5.32. The molecule has 1 aliphatic heterocycles. The van der Waals surface area contributed by atoms with Crippen molar-refractivity contribution in [1.29, 1.82) is 0 Å². The number of benzene rings is 2. The van der Waals surface area contributed by atoms with E-state index in [1.54, 1.807) is 0 Å². The van der Waals surface area contributed by atoms with Gasteiger partial charge in [-0.3, -0.25) is 4.90 Å². The highest BCUT2D eigenvalue weighted by Crippen LogP contribution is 2.35. The van der Waals surface area contributed by atoms with Crippen molar-refractivity contribution in [3.8, 4) is 0 Å². The van der Waals surface area contributed by atoms with Crippen LogP contribution in [0.1, 0.15) is 17.2 Å². The quantitative estimate of drug-likeness (QED) is 0.657. The molecule has 116 valence electrons. The first-order chi connectivity index (χ1) is 10.7. The first-order valence-corrected chi connectivity index (χ1v) is 7.44. The van der Waals surface area contributed by atoms with E-state index >= 15 is 0 Å². The van der Waals surface area contributed by atoms with Crippen LogP contribution in [0.15, 0.2) is 60.7 Å². The molecule has 1 aliphatic rings. The Morgan fingerprint density at radius 1 is 1.00 bits per heavy atom. The summed E-state index contributed by atoms with van der Waals surface area (Å²) < 4.78 is 0. The van der Waals surface area contributed by atoms with Crippen molar-refractivity contribution in [2.24, 2.45) is 0 Å². The predicted molar refractivity (Wildman–Crippen MR) is 84.2 cm³/mol. The van der Waals surface area contributed by atoms with Gasteiger partial charge in [0.2, 0.25) is 0 Å². The lowest BCUT2D eigenvalue weighted by Gasteiger charge is -2.49. The van der Waals surface area contributed by atoms with Crippen LogP contribution in [0.25, 0.3) is 0 Å². The van der Waals surface area contributed by atoms with Crippen LogP contribution in [0.4, 0.5) is 0 Å². The fourth-order valence-corrected chi connectivity index (χ4v) is 3.04. The standard InChI is InChI=1S/C18H21NO3/c1-21-22-14-18(20)12-19(13-18)17(15-8-4-2-5-9-15)16-10-6-3-7-11-16/h2-11,17,20H,12-14H2,1H3. The molecule has 4 heteroatoms. The van der Waals surface area contributed by atoms with E-state index in [-0.39, 0.29) is 12.6 Å². The van der Waals surface area contributed by atoms with E-state index in [9.17, 15) is 5.11 Å². The molecule has 0 amide bonds. The Hall–Kier alpha value is -1.72. The first kappa shape index (κ1) is 15.2. The molecule has 1 saturated heterocycles. The molecule has 3 rings (SSSR count). The van der Waals surface area contributed by atoms with Crippen LogP contribution in [0.2, 0.25) is 0 Å². The lowest BCUT2D eigenvalue weighted by atomic mass is 9.88. The van der Waals surface area contributed by atoms with Gasteiger partial charge in [0, 0.05) is 13.1 Å². The summed E-state index contributed by atoms with van der Waals surface area (Å²) in [6.45, 7) is 1.31. The predicted octanol–water partition coefficient (Wildman–Crippen LogP) is 2.40. The monoisotopic (exact) mass is 299 g/mol. The molecule has 0 aromatic heterocycles. The van der Waals surface area contributed by atoms with Gasteiger partial charge in [0.25, 0.3) is 0 Å². The van der Waals surface area contributed by atoms with Gasteiger partial charge in [0.15, 0.2) is 0 Å². The fourth-order valence-electron chi connectivity index (χ4n) is 3.04. The van der Waals surface area contributed by atoms with Gasteiger partial charge in [-0.15, -0.1) is 0 Å². The summed E-state index contributed by atoms with van der Waals surface area (Å²) in [5.41, 5.74) is 1.62. The van der Waals surface area contributed by atoms with E-state index in [0.29, 0.717) is 13.1 Å². The van der Waals surface area contributed by atoms with Crippen LogP contribution >= 0.6 is 0 Å². The summed E-state index contributed by atoms with van der Waals surface area (Å²) in [5.74, 6) is 0. The van der Waals surface area contributed by atoms with E-state index in [2.05, 4.69) is 34.1 Å². The Morgan fingerprint density at radius 2 is 1.50 bits per heavy atom. The Balaban J connectivity index is 1.80. The van der Waals surface area contributed by atoms with Gasteiger partial charge in [-0.05, 0) is 11.1 Å². The van der Waals surface area contributed by atoms with Gasteiger partial charge in [-0.2, -0.15) is 0 Å². The van der Waals surface area contributed by atoms with Crippen LogP contribution < -0.4 is 0 Å². The molecule has 0 spiro atoms. The van der Waals surface area contributed by atoms with Crippen LogP contribution in [-0.2, 0) is 9.78 Å². The van der Waals surface area contributed by atoms with Crippen molar-refractivity contribution in [2.45, 2.75) is 11.6 Å². The lowest BCUT2D eigenvalue weighted by Crippen LogP contribution is -2.64. The van der Waals surface area contributed by atoms with Crippen molar-refractivity contribution in [1.82, 2.24) is 4.90 Å². The number of likely N-dealkylation sites (tertiary alicyclic amines) is 1. The molecule has 2 aromatic carbocycles. The number of hydrogen-bond acceptors (Lipinski definition) is 4. The van der Waals surface area contributed by atoms with Gasteiger partial charge in [-0.25, -0.2) is 9.78 Å². The minimum absolute atomic E-state index is 0.144. The second-order valence-electron chi connectivity index (χ2n) is 5.78. The van der Waals surface area contributed by atoms with Crippen molar-refractivity contribution < 1.29 is 14.9 Å². The van der Waals surface area contributed by atoms with Crippen LogP contribution in [0.5, 0.6) is 0 Å². The molecule has 1 heterocycles. The highest BCUT2D eigenvalue weighted by Gasteiger charge is 2.45. The molecule has 0 atom stereocenters. The summed E-state index contributed by atoms with van der Waals surface area (Å²) in [7, 11) is 1.45. The summed E-state index contributed by atoms with van der Waals surface area (Å²) in [6.07, 6.45) is 0. The van der Waals surface area contributed by atoms with Crippen molar-refractivity contribution in [2.75, 3.05) is 26.8 Å². The number of β-amino-alcohol motifs (C(OH)–C–C–N with tert-alkyl or cyclic N) is 1. The van der Waals surface area contributed by atoms with E-state index in [4.69, 9.17) is 4.89 Å². The van der Waals surface area contributed by atoms with Crippen molar-refractivity contribution >= 4 is 0 Å². The SMILES string of the molecule is COOCC1(O)CN(C(c2ccccc2)c2ccccc2)C1. The molecule has 0 radical (unpaired) electrons. The smallest absolute Gasteiger partial charge is 0.116 e. The Morgan fingerprint density at radius 3 is 1.95 bits per heavy atom. The zero-order valence-electron chi connectivity index (χ0n) is 12.7. The maximum absolute atomic E-state index is 10.4. The minimum Gasteiger partial charge on any atom is -0.385 e. The number of rotatable bonds is 6. The van der Waals surface area contributed by atoms with Gasteiger partial charge in [0.1, 0.15) is 12.2 Å². The zero-order chi connectivity index (χ0) is 15.4. The van der Waals surface area contributed by atoms with Crippen LogP contribution in [0.3, 0.4) is 0 Å². The number of nitrogens with zero attached hydrogens (tertiary/aromatic N) is 1. The normalized spacial score (nSPS) is 17.4. The molecule has 1 fully saturated rings. The molecule has 1 N–H and O–H groups in total. The zero-order valence-corrected chi connectivity index (χ0v) is 12.7. The molecule has 4 nitrogen and oxygen atoms in total. The first-order valence-electron chi connectivity index (χ1n) is 7.44. The van der Waals surface area contributed by atoms with Crippen LogP contribution in [0, 0.1) is 0 Å². The van der Waals surface area contributed by atoms with E-state index in [1.165, 1.54) is 18.2 Å². The molecular weight excluding hydrogens is 278 g/mol. The van der Waals surface area contributed by atoms with Gasteiger partial charge < -0.3 is 5.11 Å². The molecule has 0 aliphatic carbocycles. The van der Waals surface area contributed by atoms with E-state index < -0.39 is 5.60 Å². The fraction of sp³-hybridized carbons (Fsp3) is 0.333. The average Bonchev–Trinajstić information content (AvgIpc) is 2.54. The van der Waals surface area contributed by atoms with Gasteiger partial charge >= 0.3 is 0 Å². The molecule has 2 aromatic rings. The third kappa shape index (κ3) is 3.20. The van der Waals surface area contributed by atoms with E-state index in [0.717, 1.165) is 0 Å². The Kier molecular flexibility index (Phi) is 4.55. The third-order valence-corrected chi connectivity index (χ3v) is 4.04. The number of hydrogen-bond donors (Lipinski definition) is 1. The largest absolute Gasteiger partial charge is 0.385 e. The van der Waals surface area contributed by atoms with Crippen molar-refractivity contribution in [3.63, 3.8) is 0 Å². The second-order valence-corrected chi connectivity index (χ2v) is 5.78. The highest BCUT2D eigenvalue weighted by atomic mass is 17.2. The summed E-state index contributed by atoms with van der Waals surface area (Å²) in [5, 5.41) is 10.4. The molecule has 0 unspecified atom stereocenters. The van der Waals surface area contributed by atoms with E-state index in [1.807, 2.05) is 36.4 Å². The minimum atomic E-state index is -0.835. The molecule has 0 bridgehead atoms. The summed E-state index contributed by atoms with van der Waals surface area (Å²) >= 11 is 0. The lowest BCUT2D eigenvalue weighted by molar-refractivity contribution is -0.311. The third-order valence-electron chi connectivity index (χ3n) is 4.04. The van der Waals surface area contributed by atoms with Crippen LogP contribution in [-0.4, -0.2) is 42.4 Å². The summed E-state index contributed by atoms with van der Waals surface area (Å²) in [4.78, 5) is 11.8. The van der Waals surface area contributed by atoms with Gasteiger partial charge in [0.05, 0.1) is 13.2 Å². The Bertz CT molecular complexity index is 542.